The van der Waals surface area contributed by atoms with Gasteiger partial charge in [0.2, 0.25) is 0 Å². The maximum atomic E-state index is 13.7. The molecule has 0 fully saturated rings. The standard InChI is InChI=1S/C16H17BrFNO2/c1-10(11-4-7-15(20-2)14(18)8-11)19-12-5-6-13(17)16(9-12)21-3/h4-10,19H,1-3H3. The zero-order chi connectivity index (χ0) is 15.4. The zero-order valence-electron chi connectivity index (χ0n) is 12.1. The van der Waals surface area contributed by atoms with E-state index in [2.05, 4.69) is 21.2 Å². The van der Waals surface area contributed by atoms with Gasteiger partial charge in [0.1, 0.15) is 5.75 Å². The van der Waals surface area contributed by atoms with Crippen LogP contribution in [-0.4, -0.2) is 14.2 Å². The third-order valence-corrected chi connectivity index (χ3v) is 3.87. The molecule has 0 aliphatic heterocycles. The van der Waals surface area contributed by atoms with Crippen molar-refractivity contribution < 1.29 is 13.9 Å². The molecule has 2 rings (SSSR count). The van der Waals surface area contributed by atoms with Crippen LogP contribution in [0.3, 0.4) is 0 Å². The maximum Gasteiger partial charge on any atom is 0.165 e. The van der Waals surface area contributed by atoms with Crippen LogP contribution in [0.15, 0.2) is 40.9 Å². The van der Waals surface area contributed by atoms with Crippen molar-refractivity contribution in [2.24, 2.45) is 0 Å². The van der Waals surface area contributed by atoms with E-state index in [4.69, 9.17) is 9.47 Å². The number of halogens is 2. The highest BCUT2D eigenvalue weighted by Crippen LogP contribution is 2.30. The first kappa shape index (κ1) is 15.6. The van der Waals surface area contributed by atoms with Gasteiger partial charge in [0, 0.05) is 17.8 Å². The van der Waals surface area contributed by atoms with Crippen LogP contribution < -0.4 is 14.8 Å². The Morgan fingerprint density at radius 1 is 1.05 bits per heavy atom. The lowest BCUT2D eigenvalue weighted by atomic mass is 10.1. The summed E-state index contributed by atoms with van der Waals surface area (Å²) in [7, 11) is 3.07. The molecule has 3 nitrogen and oxygen atoms in total. The lowest BCUT2D eigenvalue weighted by molar-refractivity contribution is 0.386. The van der Waals surface area contributed by atoms with E-state index >= 15 is 0 Å². The van der Waals surface area contributed by atoms with Gasteiger partial charge in [-0.25, -0.2) is 4.39 Å². The number of nitrogens with one attached hydrogen (secondary N) is 1. The Kier molecular flexibility index (Phi) is 5.07. The van der Waals surface area contributed by atoms with Gasteiger partial charge in [0.25, 0.3) is 0 Å². The molecule has 21 heavy (non-hydrogen) atoms. The average Bonchev–Trinajstić information content (AvgIpc) is 2.49. The number of rotatable bonds is 5. The molecular weight excluding hydrogens is 337 g/mol. The van der Waals surface area contributed by atoms with Gasteiger partial charge >= 0.3 is 0 Å². The van der Waals surface area contributed by atoms with E-state index < -0.39 is 0 Å². The number of ether oxygens (including phenoxy) is 2. The van der Waals surface area contributed by atoms with Crippen molar-refractivity contribution in [3.05, 3.63) is 52.3 Å². The van der Waals surface area contributed by atoms with E-state index in [9.17, 15) is 4.39 Å². The lowest BCUT2D eigenvalue weighted by Crippen LogP contribution is -2.07. The molecule has 0 spiro atoms. The van der Waals surface area contributed by atoms with E-state index in [1.807, 2.05) is 31.2 Å². The van der Waals surface area contributed by atoms with Crippen molar-refractivity contribution >= 4 is 21.6 Å². The summed E-state index contributed by atoms with van der Waals surface area (Å²) in [6.45, 7) is 1.97. The van der Waals surface area contributed by atoms with Crippen molar-refractivity contribution in [2.75, 3.05) is 19.5 Å². The summed E-state index contributed by atoms with van der Waals surface area (Å²) in [5.41, 5.74) is 1.74. The number of benzene rings is 2. The first-order chi connectivity index (χ1) is 10.0. The Morgan fingerprint density at radius 2 is 1.76 bits per heavy atom. The summed E-state index contributed by atoms with van der Waals surface area (Å²) >= 11 is 3.41. The highest BCUT2D eigenvalue weighted by atomic mass is 79.9. The monoisotopic (exact) mass is 353 g/mol. The summed E-state index contributed by atoms with van der Waals surface area (Å²) in [6, 6.07) is 10.6. The molecule has 0 radical (unpaired) electrons. The number of anilines is 1. The SMILES string of the molecule is COc1ccc(C(C)Nc2ccc(Br)c(OC)c2)cc1F. The second-order valence-electron chi connectivity index (χ2n) is 4.61. The fourth-order valence-corrected chi connectivity index (χ4v) is 2.44. The van der Waals surface area contributed by atoms with Crippen LogP contribution in [0.1, 0.15) is 18.5 Å². The molecule has 1 atom stereocenters. The Bertz CT molecular complexity index is 634. The first-order valence-corrected chi connectivity index (χ1v) is 7.28. The van der Waals surface area contributed by atoms with Crippen LogP contribution in [0.5, 0.6) is 11.5 Å². The van der Waals surface area contributed by atoms with Gasteiger partial charge in [-0.15, -0.1) is 0 Å². The van der Waals surface area contributed by atoms with Gasteiger partial charge in [-0.3, -0.25) is 0 Å². The maximum absolute atomic E-state index is 13.7. The third kappa shape index (κ3) is 3.67. The zero-order valence-corrected chi connectivity index (χ0v) is 13.7. The smallest absolute Gasteiger partial charge is 0.165 e. The molecule has 5 heteroatoms. The molecule has 0 amide bonds. The Balaban J connectivity index is 2.17. The van der Waals surface area contributed by atoms with E-state index in [1.54, 1.807) is 13.2 Å². The van der Waals surface area contributed by atoms with Crippen molar-refractivity contribution in [2.45, 2.75) is 13.0 Å². The largest absolute Gasteiger partial charge is 0.495 e. The summed E-state index contributed by atoms with van der Waals surface area (Å²) in [6.07, 6.45) is 0. The van der Waals surface area contributed by atoms with E-state index in [-0.39, 0.29) is 17.6 Å². The van der Waals surface area contributed by atoms with Gasteiger partial charge in [-0.2, -0.15) is 0 Å². The molecule has 0 aliphatic rings. The van der Waals surface area contributed by atoms with Crippen molar-refractivity contribution in [1.29, 1.82) is 0 Å². The molecule has 2 aromatic carbocycles. The van der Waals surface area contributed by atoms with Crippen LogP contribution in [0, 0.1) is 5.82 Å². The predicted octanol–water partition coefficient (Wildman–Crippen LogP) is 4.78. The fourth-order valence-electron chi connectivity index (χ4n) is 2.03. The van der Waals surface area contributed by atoms with E-state index in [0.717, 1.165) is 21.5 Å². The molecule has 0 aliphatic carbocycles. The fraction of sp³-hybridized carbons (Fsp3) is 0.250. The normalized spacial score (nSPS) is 11.9. The van der Waals surface area contributed by atoms with Gasteiger partial charge < -0.3 is 14.8 Å². The molecule has 1 N–H and O–H groups in total. The molecule has 0 heterocycles. The molecule has 0 bridgehead atoms. The van der Waals surface area contributed by atoms with Crippen LogP contribution in [-0.2, 0) is 0 Å². The minimum atomic E-state index is -0.364. The van der Waals surface area contributed by atoms with Crippen LogP contribution in [0.4, 0.5) is 10.1 Å². The third-order valence-electron chi connectivity index (χ3n) is 3.21. The summed E-state index contributed by atoms with van der Waals surface area (Å²) in [5.74, 6) is 0.626. The topological polar surface area (TPSA) is 30.5 Å². The Hall–Kier alpha value is -1.75. The Morgan fingerprint density at radius 3 is 2.38 bits per heavy atom. The van der Waals surface area contributed by atoms with Gasteiger partial charge in [0.05, 0.1) is 18.7 Å². The molecule has 0 saturated heterocycles. The number of methoxy groups -OCH3 is 2. The number of hydrogen-bond donors (Lipinski definition) is 1. The predicted molar refractivity (Wildman–Crippen MR) is 85.7 cm³/mol. The highest BCUT2D eigenvalue weighted by molar-refractivity contribution is 9.10. The summed E-state index contributed by atoms with van der Waals surface area (Å²) in [5, 5.41) is 3.32. The van der Waals surface area contributed by atoms with E-state index in [0.29, 0.717) is 0 Å². The minimum Gasteiger partial charge on any atom is -0.495 e. The lowest BCUT2D eigenvalue weighted by Gasteiger charge is -2.17. The Labute approximate surface area is 132 Å². The molecule has 1 unspecified atom stereocenters. The van der Waals surface area contributed by atoms with Gasteiger partial charge in [0.15, 0.2) is 11.6 Å². The first-order valence-electron chi connectivity index (χ1n) is 6.48. The van der Waals surface area contributed by atoms with Crippen molar-refractivity contribution in [3.63, 3.8) is 0 Å². The highest BCUT2D eigenvalue weighted by Gasteiger charge is 2.10. The summed E-state index contributed by atoms with van der Waals surface area (Å²) < 4.78 is 24.8. The van der Waals surface area contributed by atoms with Gasteiger partial charge in [-0.1, -0.05) is 6.07 Å². The average molecular weight is 354 g/mol. The second-order valence-corrected chi connectivity index (χ2v) is 5.46. The molecule has 2 aromatic rings. The quantitative estimate of drug-likeness (QED) is 0.838. The number of hydrogen-bond acceptors (Lipinski definition) is 3. The van der Waals surface area contributed by atoms with Crippen LogP contribution in [0.25, 0.3) is 0 Å². The van der Waals surface area contributed by atoms with Gasteiger partial charge in [-0.05, 0) is 52.7 Å². The van der Waals surface area contributed by atoms with E-state index in [1.165, 1.54) is 13.2 Å². The van der Waals surface area contributed by atoms with Crippen LogP contribution in [0.2, 0.25) is 0 Å². The summed E-state index contributed by atoms with van der Waals surface area (Å²) in [4.78, 5) is 0. The molecule has 0 aromatic heterocycles. The molecule has 0 saturated carbocycles. The molecule has 112 valence electrons. The van der Waals surface area contributed by atoms with Crippen LogP contribution >= 0.6 is 15.9 Å². The van der Waals surface area contributed by atoms with Crippen molar-refractivity contribution in [3.8, 4) is 11.5 Å². The minimum absolute atomic E-state index is 0.0451. The van der Waals surface area contributed by atoms with Crippen molar-refractivity contribution in [1.82, 2.24) is 0 Å². The molecular formula is C16H17BrFNO2. The second kappa shape index (κ2) is 6.80.